The third-order valence-electron chi connectivity index (χ3n) is 4.04. The maximum absolute atomic E-state index is 12.9. The van der Waals surface area contributed by atoms with Crippen LogP contribution in [-0.4, -0.2) is 59.7 Å². The molecule has 1 saturated heterocycles. The standard InChI is InChI=1S/C12H19N5O2S2/c1-3-9-8-16(5-4-15(9)2)21(18,19)11-10(13)14-12-17(11)6-7-20-12/h6-7,9H,3-5,8,13H2,1-2H3. The van der Waals surface area contributed by atoms with Gasteiger partial charge in [0.1, 0.15) is 0 Å². The van der Waals surface area contributed by atoms with Gasteiger partial charge in [-0.25, -0.2) is 13.4 Å². The fourth-order valence-corrected chi connectivity index (χ4v) is 5.16. The average molecular weight is 329 g/mol. The van der Waals surface area contributed by atoms with Crippen LogP contribution in [0.4, 0.5) is 5.82 Å². The zero-order chi connectivity index (χ0) is 15.2. The lowest BCUT2D eigenvalue weighted by atomic mass is 10.1. The summed E-state index contributed by atoms with van der Waals surface area (Å²) >= 11 is 1.37. The normalized spacial score (nSPS) is 22.1. The molecule has 3 rings (SSSR count). The van der Waals surface area contributed by atoms with Gasteiger partial charge in [0.2, 0.25) is 0 Å². The van der Waals surface area contributed by atoms with Crippen molar-refractivity contribution < 1.29 is 8.42 Å². The number of imidazole rings is 1. The first-order valence-electron chi connectivity index (χ1n) is 6.86. The number of hydrogen-bond donors (Lipinski definition) is 1. The number of rotatable bonds is 3. The predicted molar refractivity (Wildman–Crippen MR) is 82.9 cm³/mol. The maximum Gasteiger partial charge on any atom is 0.262 e. The summed E-state index contributed by atoms with van der Waals surface area (Å²) in [5.74, 6) is 0.0776. The lowest BCUT2D eigenvalue weighted by molar-refractivity contribution is 0.144. The molecular weight excluding hydrogens is 310 g/mol. The van der Waals surface area contributed by atoms with Crippen LogP contribution < -0.4 is 5.73 Å². The van der Waals surface area contributed by atoms with E-state index >= 15 is 0 Å². The molecule has 2 aromatic rings. The van der Waals surface area contributed by atoms with Crippen LogP contribution in [-0.2, 0) is 10.0 Å². The van der Waals surface area contributed by atoms with Gasteiger partial charge in [0, 0.05) is 37.3 Å². The number of nitrogens with zero attached hydrogens (tertiary/aromatic N) is 4. The highest BCUT2D eigenvalue weighted by molar-refractivity contribution is 7.89. The molecule has 21 heavy (non-hydrogen) atoms. The Bertz CT molecular complexity index is 751. The monoisotopic (exact) mass is 329 g/mol. The zero-order valence-corrected chi connectivity index (χ0v) is 13.7. The van der Waals surface area contributed by atoms with Crippen molar-refractivity contribution >= 4 is 32.1 Å². The Balaban J connectivity index is 2.00. The lowest BCUT2D eigenvalue weighted by Crippen LogP contribution is -2.53. The average Bonchev–Trinajstić information content (AvgIpc) is 2.98. The minimum Gasteiger partial charge on any atom is -0.381 e. The van der Waals surface area contributed by atoms with E-state index in [2.05, 4.69) is 16.8 Å². The van der Waals surface area contributed by atoms with Crippen molar-refractivity contribution in [3.05, 3.63) is 11.6 Å². The summed E-state index contributed by atoms with van der Waals surface area (Å²) in [5, 5.41) is 1.90. The number of nitrogen functional groups attached to an aromatic ring is 1. The predicted octanol–water partition coefficient (Wildman–Crippen LogP) is 0.693. The lowest BCUT2D eigenvalue weighted by Gasteiger charge is -2.38. The van der Waals surface area contributed by atoms with Crippen LogP contribution >= 0.6 is 11.3 Å². The van der Waals surface area contributed by atoms with Crippen molar-refractivity contribution in [3.8, 4) is 0 Å². The van der Waals surface area contributed by atoms with Crippen molar-refractivity contribution in [2.45, 2.75) is 24.4 Å². The highest BCUT2D eigenvalue weighted by Gasteiger charge is 2.35. The molecule has 2 N–H and O–H groups in total. The second kappa shape index (κ2) is 5.24. The summed E-state index contributed by atoms with van der Waals surface area (Å²) < 4.78 is 28.9. The van der Waals surface area contributed by atoms with Crippen molar-refractivity contribution in [2.75, 3.05) is 32.4 Å². The molecule has 0 aromatic carbocycles. The van der Waals surface area contributed by atoms with E-state index in [1.807, 2.05) is 7.05 Å². The van der Waals surface area contributed by atoms with E-state index in [0.717, 1.165) is 13.0 Å². The first kappa shape index (κ1) is 14.8. The molecule has 0 radical (unpaired) electrons. The Morgan fingerprint density at radius 2 is 2.24 bits per heavy atom. The maximum atomic E-state index is 12.9. The molecule has 7 nitrogen and oxygen atoms in total. The molecule has 0 spiro atoms. The number of sulfonamides is 1. The summed E-state index contributed by atoms with van der Waals surface area (Å²) in [4.78, 5) is 6.94. The quantitative estimate of drug-likeness (QED) is 0.896. The number of thiazole rings is 1. The van der Waals surface area contributed by atoms with Gasteiger partial charge in [-0.05, 0) is 13.5 Å². The van der Waals surface area contributed by atoms with Crippen LogP contribution in [0.5, 0.6) is 0 Å². The van der Waals surface area contributed by atoms with Gasteiger partial charge >= 0.3 is 0 Å². The third kappa shape index (κ3) is 2.33. The molecule has 0 aliphatic carbocycles. The molecule has 0 saturated carbocycles. The molecule has 0 bridgehead atoms. The van der Waals surface area contributed by atoms with Crippen molar-refractivity contribution in [1.82, 2.24) is 18.6 Å². The largest absolute Gasteiger partial charge is 0.381 e. The third-order valence-corrected chi connectivity index (χ3v) is 6.70. The summed E-state index contributed by atoms with van der Waals surface area (Å²) in [6.45, 7) is 3.77. The highest BCUT2D eigenvalue weighted by atomic mass is 32.2. The number of nitrogens with two attached hydrogens (primary N) is 1. The van der Waals surface area contributed by atoms with Crippen LogP contribution in [0, 0.1) is 0 Å². The van der Waals surface area contributed by atoms with Crippen molar-refractivity contribution in [2.24, 2.45) is 0 Å². The molecule has 1 atom stereocenters. The van der Waals surface area contributed by atoms with Gasteiger partial charge in [0.05, 0.1) is 0 Å². The first-order valence-corrected chi connectivity index (χ1v) is 9.18. The number of piperazine rings is 1. The van der Waals surface area contributed by atoms with E-state index in [9.17, 15) is 8.42 Å². The van der Waals surface area contributed by atoms with Crippen LogP contribution in [0.1, 0.15) is 13.3 Å². The molecule has 3 heterocycles. The Labute approximate surface area is 128 Å². The minimum atomic E-state index is -3.62. The number of anilines is 1. The molecule has 0 amide bonds. The topological polar surface area (TPSA) is 83.9 Å². The fourth-order valence-electron chi connectivity index (χ4n) is 2.74. The van der Waals surface area contributed by atoms with Gasteiger partial charge < -0.3 is 10.6 Å². The van der Waals surface area contributed by atoms with Crippen LogP contribution in [0.3, 0.4) is 0 Å². The fraction of sp³-hybridized carbons (Fsp3) is 0.583. The minimum absolute atomic E-state index is 0.0776. The first-order chi connectivity index (χ1) is 9.95. The smallest absolute Gasteiger partial charge is 0.262 e. The van der Waals surface area contributed by atoms with Gasteiger partial charge in [-0.2, -0.15) is 4.31 Å². The van der Waals surface area contributed by atoms with E-state index in [4.69, 9.17) is 5.73 Å². The van der Waals surface area contributed by atoms with Crippen LogP contribution in [0.2, 0.25) is 0 Å². The molecule has 9 heteroatoms. The SMILES string of the molecule is CCC1CN(S(=O)(=O)c2c(N)nc3sccn23)CCN1C. The van der Waals surface area contributed by atoms with Gasteiger partial charge in [0.15, 0.2) is 15.8 Å². The van der Waals surface area contributed by atoms with E-state index < -0.39 is 10.0 Å². The molecule has 1 aliphatic heterocycles. The highest BCUT2D eigenvalue weighted by Crippen LogP contribution is 2.27. The Hall–Kier alpha value is -1.16. The van der Waals surface area contributed by atoms with E-state index in [1.54, 1.807) is 16.0 Å². The van der Waals surface area contributed by atoms with Gasteiger partial charge in [-0.1, -0.05) is 6.92 Å². The number of fused-ring (bicyclic) bond motifs is 1. The van der Waals surface area contributed by atoms with Crippen molar-refractivity contribution in [3.63, 3.8) is 0 Å². The van der Waals surface area contributed by atoms with Gasteiger partial charge in [-0.15, -0.1) is 11.3 Å². The van der Waals surface area contributed by atoms with Crippen molar-refractivity contribution in [1.29, 1.82) is 0 Å². The van der Waals surface area contributed by atoms with E-state index in [1.165, 1.54) is 15.6 Å². The van der Waals surface area contributed by atoms with Gasteiger partial charge in [-0.3, -0.25) is 4.40 Å². The Kier molecular flexibility index (Phi) is 3.68. The molecule has 2 aromatic heterocycles. The van der Waals surface area contributed by atoms with Crippen LogP contribution in [0.15, 0.2) is 16.6 Å². The summed E-state index contributed by atoms with van der Waals surface area (Å²) in [6.07, 6.45) is 2.61. The molecule has 1 unspecified atom stereocenters. The van der Waals surface area contributed by atoms with E-state index in [0.29, 0.717) is 18.1 Å². The number of likely N-dealkylation sites (N-methyl/N-ethyl adjacent to an activating group) is 1. The Morgan fingerprint density at radius 3 is 2.95 bits per heavy atom. The van der Waals surface area contributed by atoms with Crippen LogP contribution in [0.25, 0.3) is 4.96 Å². The van der Waals surface area contributed by atoms with Gasteiger partial charge in [0.25, 0.3) is 10.0 Å². The summed E-state index contributed by atoms with van der Waals surface area (Å²) in [6, 6.07) is 0.237. The molecule has 1 fully saturated rings. The van der Waals surface area contributed by atoms with E-state index in [-0.39, 0.29) is 16.9 Å². The second-order valence-corrected chi connectivity index (χ2v) is 7.99. The summed E-state index contributed by atoms with van der Waals surface area (Å²) in [7, 11) is -1.59. The molecular formula is C12H19N5O2S2. The second-order valence-electron chi connectivity index (χ2n) is 5.26. The number of hydrogen-bond acceptors (Lipinski definition) is 6. The number of aromatic nitrogens is 2. The molecule has 1 aliphatic rings. The zero-order valence-electron chi connectivity index (χ0n) is 12.1. The molecule has 116 valence electrons. The summed E-state index contributed by atoms with van der Waals surface area (Å²) in [5.41, 5.74) is 5.84. The Morgan fingerprint density at radius 1 is 1.48 bits per heavy atom.